The van der Waals surface area contributed by atoms with Gasteiger partial charge in [-0.15, -0.1) is 0 Å². The lowest BCUT2D eigenvalue weighted by Gasteiger charge is -2.28. The number of anilines is 1. The van der Waals surface area contributed by atoms with Crippen molar-refractivity contribution in [2.45, 2.75) is 18.9 Å². The molecule has 1 aliphatic rings. The van der Waals surface area contributed by atoms with E-state index in [4.69, 9.17) is 13.9 Å². The summed E-state index contributed by atoms with van der Waals surface area (Å²) in [6.07, 6.45) is 3.75. The summed E-state index contributed by atoms with van der Waals surface area (Å²) in [7, 11) is 1.65. The van der Waals surface area contributed by atoms with Crippen LogP contribution in [-0.2, 0) is 4.79 Å². The van der Waals surface area contributed by atoms with Crippen LogP contribution in [0.5, 0.6) is 11.5 Å². The van der Waals surface area contributed by atoms with Crippen LogP contribution in [0.1, 0.15) is 35.0 Å². The molecule has 0 spiro atoms. The van der Waals surface area contributed by atoms with Gasteiger partial charge in [-0.2, -0.15) is 0 Å². The van der Waals surface area contributed by atoms with Gasteiger partial charge in [0.1, 0.15) is 11.5 Å². The Kier molecular flexibility index (Phi) is 7.83. The first-order chi connectivity index (χ1) is 16.6. The predicted molar refractivity (Wildman–Crippen MR) is 128 cm³/mol. The number of nitrogens with one attached hydrogen (secondary N) is 2. The topological polar surface area (TPSA) is 93.0 Å². The average Bonchev–Trinajstić information content (AvgIpc) is 3.58. The van der Waals surface area contributed by atoms with Crippen LogP contribution in [-0.4, -0.2) is 50.1 Å². The van der Waals surface area contributed by atoms with Crippen LogP contribution in [0.15, 0.2) is 71.3 Å². The number of hydrogen-bond donors (Lipinski definition) is 2. The van der Waals surface area contributed by atoms with Crippen molar-refractivity contribution in [1.82, 2.24) is 10.2 Å². The van der Waals surface area contributed by atoms with Gasteiger partial charge in [0.2, 0.25) is 0 Å². The van der Waals surface area contributed by atoms with Crippen molar-refractivity contribution in [2.75, 3.05) is 38.7 Å². The Morgan fingerprint density at radius 1 is 1.03 bits per heavy atom. The summed E-state index contributed by atoms with van der Waals surface area (Å²) in [6, 6.07) is 18.2. The van der Waals surface area contributed by atoms with Crippen LogP contribution < -0.4 is 20.1 Å². The molecule has 1 atom stereocenters. The first-order valence-electron chi connectivity index (χ1n) is 11.3. The molecule has 0 radical (unpaired) electrons. The fourth-order valence-corrected chi connectivity index (χ4v) is 4.03. The van der Waals surface area contributed by atoms with E-state index in [9.17, 15) is 9.59 Å². The third-order valence-corrected chi connectivity index (χ3v) is 5.76. The Balaban J connectivity index is 1.31. The zero-order chi connectivity index (χ0) is 23.8. The summed E-state index contributed by atoms with van der Waals surface area (Å²) in [4.78, 5) is 27.1. The van der Waals surface area contributed by atoms with E-state index in [1.807, 2.05) is 18.2 Å². The van der Waals surface area contributed by atoms with Crippen molar-refractivity contribution in [2.24, 2.45) is 0 Å². The van der Waals surface area contributed by atoms with Gasteiger partial charge in [0.15, 0.2) is 12.4 Å². The molecule has 2 heterocycles. The third-order valence-electron chi connectivity index (χ3n) is 5.76. The minimum Gasteiger partial charge on any atom is -0.497 e. The van der Waals surface area contributed by atoms with Crippen LogP contribution in [0.2, 0.25) is 0 Å². The second kappa shape index (κ2) is 11.4. The first kappa shape index (κ1) is 23.4. The van der Waals surface area contributed by atoms with Gasteiger partial charge >= 0.3 is 0 Å². The van der Waals surface area contributed by atoms with E-state index in [0.717, 1.165) is 37.2 Å². The van der Waals surface area contributed by atoms with Crippen LogP contribution in [0.4, 0.5) is 5.69 Å². The Bertz CT molecular complexity index is 1090. The van der Waals surface area contributed by atoms with Crippen molar-refractivity contribution >= 4 is 17.5 Å². The number of carbonyl (C=O) groups is 2. The molecule has 2 amide bonds. The molecule has 1 unspecified atom stereocenters. The standard InChI is InChI=1S/C26H29N3O5/c1-32-21-9-4-7-19(15-21)23(29-12-2-3-13-29)17-27-25(30)18-34-22-10-5-8-20(16-22)28-26(31)24-11-6-14-33-24/h4-11,14-16,23H,2-3,12-13,17-18H2,1H3,(H,27,30)(H,28,31). The summed E-state index contributed by atoms with van der Waals surface area (Å²) < 4.78 is 16.1. The fraction of sp³-hybridized carbons (Fsp3) is 0.308. The molecular weight excluding hydrogens is 434 g/mol. The van der Waals surface area contributed by atoms with Crippen LogP contribution >= 0.6 is 0 Å². The lowest BCUT2D eigenvalue weighted by molar-refractivity contribution is -0.123. The summed E-state index contributed by atoms with van der Waals surface area (Å²) in [5, 5.41) is 5.74. The summed E-state index contributed by atoms with van der Waals surface area (Å²) in [5.74, 6) is 0.934. The lowest BCUT2D eigenvalue weighted by Crippen LogP contribution is -2.38. The summed E-state index contributed by atoms with van der Waals surface area (Å²) in [6.45, 7) is 2.37. The Labute approximate surface area is 198 Å². The maximum atomic E-state index is 12.5. The maximum absolute atomic E-state index is 12.5. The number of hydrogen-bond acceptors (Lipinski definition) is 6. The number of rotatable bonds is 10. The highest BCUT2D eigenvalue weighted by molar-refractivity contribution is 6.02. The van der Waals surface area contributed by atoms with Gasteiger partial charge in [-0.1, -0.05) is 18.2 Å². The Hall–Kier alpha value is -3.78. The minimum atomic E-state index is -0.356. The number of likely N-dealkylation sites (tertiary alicyclic amines) is 1. The zero-order valence-corrected chi connectivity index (χ0v) is 19.2. The maximum Gasteiger partial charge on any atom is 0.291 e. The predicted octanol–water partition coefficient (Wildman–Crippen LogP) is 3.87. The molecule has 0 bridgehead atoms. The number of benzene rings is 2. The first-order valence-corrected chi connectivity index (χ1v) is 11.3. The molecule has 8 nitrogen and oxygen atoms in total. The molecule has 1 aliphatic heterocycles. The number of amides is 2. The molecule has 2 N–H and O–H groups in total. The molecule has 1 saturated heterocycles. The highest BCUT2D eigenvalue weighted by atomic mass is 16.5. The van der Waals surface area contributed by atoms with Crippen molar-refractivity contribution in [3.8, 4) is 11.5 Å². The van der Waals surface area contributed by atoms with Crippen molar-refractivity contribution in [3.05, 3.63) is 78.3 Å². The van der Waals surface area contributed by atoms with E-state index in [1.54, 1.807) is 43.5 Å². The molecule has 4 rings (SSSR count). The second-order valence-electron chi connectivity index (χ2n) is 8.09. The zero-order valence-electron chi connectivity index (χ0n) is 19.2. The van der Waals surface area contributed by atoms with Gasteiger partial charge < -0.3 is 24.5 Å². The molecule has 0 aliphatic carbocycles. The number of methoxy groups -OCH3 is 1. The number of carbonyl (C=O) groups excluding carboxylic acids is 2. The molecule has 178 valence electrons. The van der Waals surface area contributed by atoms with Crippen LogP contribution in [0.3, 0.4) is 0 Å². The number of furan rings is 1. The SMILES string of the molecule is COc1cccc(C(CNC(=O)COc2cccc(NC(=O)c3ccco3)c2)N2CCCC2)c1. The van der Waals surface area contributed by atoms with Gasteiger partial charge in [0, 0.05) is 18.3 Å². The molecule has 3 aromatic rings. The van der Waals surface area contributed by atoms with Gasteiger partial charge in [-0.3, -0.25) is 14.5 Å². The third kappa shape index (κ3) is 6.17. The quantitative estimate of drug-likeness (QED) is 0.474. The summed E-state index contributed by atoms with van der Waals surface area (Å²) >= 11 is 0. The van der Waals surface area contributed by atoms with E-state index < -0.39 is 0 Å². The van der Waals surface area contributed by atoms with E-state index in [1.165, 1.54) is 6.26 Å². The molecule has 34 heavy (non-hydrogen) atoms. The van der Waals surface area contributed by atoms with Crippen LogP contribution in [0, 0.1) is 0 Å². The van der Waals surface area contributed by atoms with Gasteiger partial charge in [0.05, 0.1) is 19.4 Å². The van der Waals surface area contributed by atoms with Crippen LogP contribution in [0.25, 0.3) is 0 Å². The molecule has 2 aromatic carbocycles. The molecule has 0 saturated carbocycles. The number of ether oxygens (including phenoxy) is 2. The van der Waals surface area contributed by atoms with E-state index >= 15 is 0 Å². The van der Waals surface area contributed by atoms with Crippen molar-refractivity contribution < 1.29 is 23.5 Å². The fourth-order valence-electron chi connectivity index (χ4n) is 4.03. The van der Waals surface area contributed by atoms with Gasteiger partial charge in [0.25, 0.3) is 11.8 Å². The van der Waals surface area contributed by atoms with E-state index in [2.05, 4.69) is 21.6 Å². The smallest absolute Gasteiger partial charge is 0.291 e. The Morgan fingerprint density at radius 2 is 1.82 bits per heavy atom. The van der Waals surface area contributed by atoms with E-state index in [-0.39, 0.29) is 30.2 Å². The average molecular weight is 464 g/mol. The lowest BCUT2D eigenvalue weighted by atomic mass is 10.0. The highest BCUT2D eigenvalue weighted by Gasteiger charge is 2.24. The minimum absolute atomic E-state index is 0.0710. The highest BCUT2D eigenvalue weighted by Crippen LogP contribution is 2.27. The molecular formula is C26H29N3O5. The van der Waals surface area contributed by atoms with Crippen molar-refractivity contribution in [1.29, 1.82) is 0 Å². The summed E-state index contributed by atoms with van der Waals surface area (Å²) in [5.41, 5.74) is 1.66. The monoisotopic (exact) mass is 463 g/mol. The molecule has 8 heteroatoms. The Morgan fingerprint density at radius 3 is 2.59 bits per heavy atom. The molecule has 1 aromatic heterocycles. The second-order valence-corrected chi connectivity index (χ2v) is 8.09. The normalized spacial score (nSPS) is 14.4. The number of nitrogens with zero attached hydrogens (tertiary/aromatic N) is 1. The van der Waals surface area contributed by atoms with Gasteiger partial charge in [-0.25, -0.2) is 0 Å². The van der Waals surface area contributed by atoms with Crippen molar-refractivity contribution in [3.63, 3.8) is 0 Å². The largest absolute Gasteiger partial charge is 0.497 e. The molecule has 1 fully saturated rings. The van der Waals surface area contributed by atoms with Gasteiger partial charge in [-0.05, 0) is 67.9 Å². The van der Waals surface area contributed by atoms with E-state index in [0.29, 0.717) is 18.0 Å².